The highest BCUT2D eigenvalue weighted by Crippen LogP contribution is 2.29. The summed E-state index contributed by atoms with van der Waals surface area (Å²) in [4.78, 5) is 13.9. The molecule has 4 rings (SSSR count). The number of ketones is 1. The van der Waals surface area contributed by atoms with Crippen molar-refractivity contribution in [2.45, 2.75) is 13.1 Å². The van der Waals surface area contributed by atoms with E-state index < -0.39 is 0 Å². The molecule has 2 N–H and O–H groups in total. The van der Waals surface area contributed by atoms with Gasteiger partial charge >= 0.3 is 0 Å². The van der Waals surface area contributed by atoms with E-state index in [-0.39, 0.29) is 12.3 Å². The van der Waals surface area contributed by atoms with Crippen molar-refractivity contribution in [3.05, 3.63) is 89.5 Å². The summed E-state index contributed by atoms with van der Waals surface area (Å²) in [5.41, 5.74) is 11.4. The average Bonchev–Trinajstić information content (AvgIpc) is 3.17. The van der Waals surface area contributed by atoms with Crippen molar-refractivity contribution >= 4 is 22.8 Å². The van der Waals surface area contributed by atoms with E-state index in [1.807, 2.05) is 12.1 Å². The van der Waals surface area contributed by atoms with Gasteiger partial charge in [0.1, 0.15) is 0 Å². The lowest BCUT2D eigenvalue weighted by molar-refractivity contribution is 0.100. The number of benzene rings is 3. The van der Waals surface area contributed by atoms with E-state index in [1.54, 1.807) is 24.3 Å². The highest BCUT2D eigenvalue weighted by molar-refractivity contribution is 5.97. The van der Waals surface area contributed by atoms with E-state index in [4.69, 9.17) is 5.73 Å². The second kappa shape index (κ2) is 7.51. The Morgan fingerprint density at radius 1 is 0.815 bits per heavy atom. The molecule has 0 atom stereocenters. The second-order valence-corrected chi connectivity index (χ2v) is 6.52. The van der Waals surface area contributed by atoms with Gasteiger partial charge in [-0.25, -0.2) is 0 Å². The van der Waals surface area contributed by atoms with Crippen LogP contribution >= 0.6 is 0 Å². The molecule has 5 nitrogen and oxygen atoms in total. The van der Waals surface area contributed by atoms with Gasteiger partial charge in [-0.15, -0.1) is 0 Å². The van der Waals surface area contributed by atoms with Crippen LogP contribution in [0, 0.1) is 0 Å². The molecule has 5 heteroatoms. The molecule has 0 saturated heterocycles. The summed E-state index contributed by atoms with van der Waals surface area (Å²) >= 11 is 0. The predicted molar refractivity (Wildman–Crippen MR) is 107 cm³/mol. The predicted octanol–water partition coefficient (Wildman–Crippen LogP) is 4.76. The molecule has 0 spiro atoms. The number of Topliss-reactive ketones (excluding diaryl/α,β-unsaturated/α-hetero) is 1. The van der Waals surface area contributed by atoms with E-state index in [1.165, 1.54) is 16.8 Å². The molecule has 0 aromatic heterocycles. The first kappa shape index (κ1) is 17.1. The smallest absolute Gasteiger partial charge is 0.176 e. The first-order valence-electron chi connectivity index (χ1n) is 8.90. The molecule has 27 heavy (non-hydrogen) atoms. The van der Waals surface area contributed by atoms with Gasteiger partial charge in [0.05, 0.1) is 17.9 Å². The average molecular weight is 356 g/mol. The third kappa shape index (κ3) is 3.78. The van der Waals surface area contributed by atoms with Gasteiger partial charge in [-0.3, -0.25) is 4.79 Å². The molecule has 134 valence electrons. The maximum atomic E-state index is 11.5. The molecule has 0 radical (unpaired) electrons. The number of azo groups is 1. The molecule has 1 heterocycles. The fraction of sp³-hybridized carbons (Fsp3) is 0.136. The number of hydrogen-bond acceptors (Lipinski definition) is 5. The van der Waals surface area contributed by atoms with Crippen LogP contribution in [0.15, 0.2) is 83.0 Å². The fourth-order valence-electron chi connectivity index (χ4n) is 3.19. The number of nitrogens with zero attached hydrogens (tertiary/aromatic N) is 3. The normalized spacial score (nSPS) is 13.1. The van der Waals surface area contributed by atoms with Gasteiger partial charge < -0.3 is 10.6 Å². The Hall–Kier alpha value is -3.31. The van der Waals surface area contributed by atoms with E-state index in [9.17, 15) is 4.79 Å². The van der Waals surface area contributed by atoms with Gasteiger partial charge in [-0.1, -0.05) is 24.3 Å². The number of fused-ring (bicyclic) bond motifs is 1. The van der Waals surface area contributed by atoms with Crippen LogP contribution in [0.2, 0.25) is 0 Å². The molecule has 0 aliphatic carbocycles. The molecular formula is C22H20N4O. The highest BCUT2D eigenvalue weighted by atomic mass is 16.1. The summed E-state index contributed by atoms with van der Waals surface area (Å²) in [5, 5.41) is 8.51. The van der Waals surface area contributed by atoms with Crippen molar-refractivity contribution in [3.8, 4) is 0 Å². The number of carbonyl (C=O) groups is 1. The molecule has 0 saturated carbocycles. The third-order valence-corrected chi connectivity index (χ3v) is 4.71. The van der Waals surface area contributed by atoms with Gasteiger partial charge in [0, 0.05) is 24.3 Å². The van der Waals surface area contributed by atoms with Gasteiger partial charge in [0.25, 0.3) is 0 Å². The zero-order chi connectivity index (χ0) is 18.6. The standard InChI is InChI=1S/C22H20N4O/c23-13-22(27)16-5-7-19(8-6-16)24-25-20-9-11-21(12-10-20)26-14-17-3-1-2-4-18(17)15-26/h1-12H,13-15,23H2. The number of hydrogen-bond donors (Lipinski definition) is 1. The highest BCUT2D eigenvalue weighted by Gasteiger charge is 2.18. The molecule has 0 unspecified atom stereocenters. The molecule has 0 bridgehead atoms. The van der Waals surface area contributed by atoms with Gasteiger partial charge in [0.2, 0.25) is 0 Å². The van der Waals surface area contributed by atoms with Crippen molar-refractivity contribution in [3.63, 3.8) is 0 Å². The maximum absolute atomic E-state index is 11.5. The van der Waals surface area contributed by atoms with E-state index in [0.29, 0.717) is 11.3 Å². The molecule has 3 aromatic rings. The van der Waals surface area contributed by atoms with Gasteiger partial charge in [-0.05, 0) is 59.7 Å². The Morgan fingerprint density at radius 3 is 1.85 bits per heavy atom. The molecule has 1 aliphatic heterocycles. The minimum Gasteiger partial charge on any atom is -0.363 e. The fourth-order valence-corrected chi connectivity index (χ4v) is 3.19. The van der Waals surface area contributed by atoms with Crippen LogP contribution in [0.1, 0.15) is 21.5 Å². The topological polar surface area (TPSA) is 71.0 Å². The number of rotatable bonds is 5. The lowest BCUT2D eigenvalue weighted by atomic mass is 10.1. The Morgan fingerprint density at radius 2 is 1.33 bits per heavy atom. The molecule has 3 aromatic carbocycles. The summed E-state index contributed by atoms with van der Waals surface area (Å²) in [5.74, 6) is -0.0851. The van der Waals surface area contributed by atoms with Crippen LogP contribution in [0.25, 0.3) is 0 Å². The zero-order valence-corrected chi connectivity index (χ0v) is 14.9. The van der Waals surface area contributed by atoms with Crippen LogP contribution < -0.4 is 10.6 Å². The molecule has 0 amide bonds. The summed E-state index contributed by atoms with van der Waals surface area (Å²) in [6, 6.07) is 23.6. The Kier molecular flexibility index (Phi) is 4.77. The van der Waals surface area contributed by atoms with Crippen molar-refractivity contribution in [1.29, 1.82) is 0 Å². The Balaban J connectivity index is 1.42. The first-order valence-corrected chi connectivity index (χ1v) is 8.90. The van der Waals surface area contributed by atoms with Crippen molar-refractivity contribution < 1.29 is 4.79 Å². The Labute approximate surface area is 158 Å². The maximum Gasteiger partial charge on any atom is 0.176 e. The number of nitrogens with two attached hydrogens (primary N) is 1. The largest absolute Gasteiger partial charge is 0.363 e. The zero-order valence-electron chi connectivity index (χ0n) is 14.9. The van der Waals surface area contributed by atoms with Crippen LogP contribution in [-0.2, 0) is 13.1 Å². The third-order valence-electron chi connectivity index (χ3n) is 4.71. The second-order valence-electron chi connectivity index (χ2n) is 6.52. The minimum atomic E-state index is -0.0851. The number of anilines is 1. The summed E-state index contributed by atoms with van der Waals surface area (Å²) < 4.78 is 0. The number of carbonyl (C=O) groups excluding carboxylic acids is 1. The van der Waals surface area contributed by atoms with E-state index in [2.05, 4.69) is 51.5 Å². The van der Waals surface area contributed by atoms with Crippen LogP contribution in [0.3, 0.4) is 0 Å². The van der Waals surface area contributed by atoms with Crippen LogP contribution in [0.5, 0.6) is 0 Å². The first-order chi connectivity index (χ1) is 13.2. The summed E-state index contributed by atoms with van der Waals surface area (Å²) in [6.07, 6.45) is 0. The summed E-state index contributed by atoms with van der Waals surface area (Å²) in [6.45, 7) is 1.88. The van der Waals surface area contributed by atoms with E-state index >= 15 is 0 Å². The Bertz CT molecular complexity index is 953. The minimum absolute atomic E-state index is 0.00924. The van der Waals surface area contributed by atoms with Crippen molar-refractivity contribution in [1.82, 2.24) is 0 Å². The quantitative estimate of drug-likeness (QED) is 0.529. The van der Waals surface area contributed by atoms with E-state index in [0.717, 1.165) is 18.8 Å². The summed E-state index contributed by atoms with van der Waals surface area (Å²) in [7, 11) is 0. The SMILES string of the molecule is NCC(=O)c1ccc(N=Nc2ccc(N3Cc4ccccc4C3)cc2)cc1. The van der Waals surface area contributed by atoms with Crippen molar-refractivity contribution in [2.24, 2.45) is 16.0 Å². The van der Waals surface area contributed by atoms with Gasteiger partial charge in [0.15, 0.2) is 5.78 Å². The lowest BCUT2D eigenvalue weighted by Crippen LogP contribution is -2.13. The van der Waals surface area contributed by atoms with Crippen LogP contribution in [0.4, 0.5) is 17.1 Å². The molecule has 0 fully saturated rings. The van der Waals surface area contributed by atoms with Crippen LogP contribution in [-0.4, -0.2) is 12.3 Å². The molecule has 1 aliphatic rings. The lowest BCUT2D eigenvalue weighted by Gasteiger charge is -2.17. The molecular weight excluding hydrogens is 336 g/mol. The van der Waals surface area contributed by atoms with Crippen molar-refractivity contribution in [2.75, 3.05) is 11.4 Å². The van der Waals surface area contributed by atoms with Gasteiger partial charge in [-0.2, -0.15) is 10.2 Å². The monoisotopic (exact) mass is 356 g/mol.